The highest BCUT2D eigenvalue weighted by Gasteiger charge is 2.26. The van der Waals surface area contributed by atoms with Crippen LogP contribution >= 0.6 is 0 Å². The van der Waals surface area contributed by atoms with E-state index in [1.165, 1.54) is 12.1 Å². The number of aromatic nitrogens is 1. The van der Waals surface area contributed by atoms with E-state index in [0.29, 0.717) is 18.4 Å². The van der Waals surface area contributed by atoms with Gasteiger partial charge in [0, 0.05) is 40.5 Å². The summed E-state index contributed by atoms with van der Waals surface area (Å²) in [5, 5.41) is 11.7. The lowest BCUT2D eigenvalue weighted by Crippen LogP contribution is -2.40. The van der Waals surface area contributed by atoms with Crippen molar-refractivity contribution in [1.29, 1.82) is 0 Å². The number of carboxylic acids is 1. The fourth-order valence-corrected chi connectivity index (χ4v) is 5.97. The monoisotopic (exact) mass is 466 g/mol. The van der Waals surface area contributed by atoms with Gasteiger partial charge in [0.15, 0.2) is 0 Å². The summed E-state index contributed by atoms with van der Waals surface area (Å²) in [5.41, 5.74) is 3.81. The Hall–Kier alpha value is -3.10. The summed E-state index contributed by atoms with van der Waals surface area (Å²) < 4.78 is 34.2. The molecule has 0 saturated heterocycles. The van der Waals surface area contributed by atoms with Crippen LogP contribution in [0.4, 0.5) is 0 Å². The molecule has 7 nitrogen and oxygen atoms in total. The quantitative estimate of drug-likeness (QED) is 0.353. The predicted octanol–water partition coefficient (Wildman–Crippen LogP) is 4.55. The van der Waals surface area contributed by atoms with Gasteiger partial charge in [0.2, 0.25) is 10.0 Å². The van der Waals surface area contributed by atoms with Gasteiger partial charge in [0.1, 0.15) is 17.4 Å². The van der Waals surface area contributed by atoms with Gasteiger partial charge in [-0.3, -0.25) is 4.79 Å². The maximum Gasteiger partial charge on any atom is 0.321 e. The molecule has 0 amide bonds. The van der Waals surface area contributed by atoms with Crippen LogP contribution in [0.5, 0.6) is 0 Å². The minimum Gasteiger partial charge on any atom is -0.480 e. The van der Waals surface area contributed by atoms with Crippen molar-refractivity contribution in [3.05, 3.63) is 65.5 Å². The van der Waals surface area contributed by atoms with E-state index in [-0.39, 0.29) is 11.3 Å². The summed E-state index contributed by atoms with van der Waals surface area (Å²) in [5.74, 6) is -0.258. The van der Waals surface area contributed by atoms with Crippen molar-refractivity contribution in [2.45, 2.75) is 55.9 Å². The number of fused-ring (bicyclic) bond motifs is 4. The van der Waals surface area contributed by atoms with Crippen LogP contribution in [0.3, 0.4) is 0 Å². The molecule has 0 saturated carbocycles. The second-order valence-corrected chi connectivity index (χ2v) is 10.3. The van der Waals surface area contributed by atoms with Crippen LogP contribution in [0.25, 0.3) is 21.9 Å². The minimum atomic E-state index is -4.01. The summed E-state index contributed by atoms with van der Waals surface area (Å²) >= 11 is 0. The van der Waals surface area contributed by atoms with Gasteiger partial charge in [-0.15, -0.1) is 0 Å². The number of hydrogen-bond acceptors (Lipinski definition) is 4. The number of hydrogen-bond donors (Lipinski definition) is 3. The lowest BCUT2D eigenvalue weighted by atomic mass is 9.96. The zero-order valence-electron chi connectivity index (χ0n) is 18.1. The van der Waals surface area contributed by atoms with Crippen LogP contribution in [0.2, 0.25) is 0 Å². The van der Waals surface area contributed by atoms with E-state index in [0.717, 1.165) is 58.9 Å². The van der Waals surface area contributed by atoms with Gasteiger partial charge >= 0.3 is 5.97 Å². The number of aryl methyl sites for hydroxylation is 3. The summed E-state index contributed by atoms with van der Waals surface area (Å²) in [7, 11) is -4.01. The molecule has 0 spiro atoms. The molecule has 1 atom stereocenters. The number of aliphatic carboxylic acids is 1. The van der Waals surface area contributed by atoms with Crippen LogP contribution in [0, 0.1) is 0 Å². The second-order valence-electron chi connectivity index (χ2n) is 8.63. The summed E-state index contributed by atoms with van der Waals surface area (Å²) in [6.07, 6.45) is 7.26. The van der Waals surface area contributed by atoms with Crippen LogP contribution in [0.1, 0.15) is 42.6 Å². The van der Waals surface area contributed by atoms with Crippen molar-refractivity contribution in [3.8, 4) is 0 Å². The number of sulfonamides is 1. The van der Waals surface area contributed by atoms with Crippen LogP contribution in [-0.2, 0) is 34.1 Å². The molecule has 2 aromatic heterocycles. The smallest absolute Gasteiger partial charge is 0.321 e. The van der Waals surface area contributed by atoms with Gasteiger partial charge in [0.25, 0.3) is 0 Å². The number of rotatable bonds is 8. The summed E-state index contributed by atoms with van der Waals surface area (Å²) in [6.45, 7) is 0. The van der Waals surface area contributed by atoms with Gasteiger partial charge in [-0.25, -0.2) is 8.42 Å². The van der Waals surface area contributed by atoms with Crippen molar-refractivity contribution in [2.75, 3.05) is 0 Å². The molecule has 3 N–H and O–H groups in total. The number of H-pyrrole nitrogens is 1. The third kappa shape index (κ3) is 4.28. The van der Waals surface area contributed by atoms with E-state index in [9.17, 15) is 18.3 Å². The van der Waals surface area contributed by atoms with Gasteiger partial charge in [-0.2, -0.15) is 4.72 Å². The Morgan fingerprint density at radius 2 is 1.94 bits per heavy atom. The molecule has 33 heavy (non-hydrogen) atoms. The normalized spacial score (nSPS) is 15.0. The fourth-order valence-electron chi connectivity index (χ4n) is 4.73. The molecule has 8 heteroatoms. The highest BCUT2D eigenvalue weighted by Crippen LogP contribution is 2.33. The Bertz CT molecular complexity index is 1430. The Kier molecular flexibility index (Phi) is 5.72. The van der Waals surface area contributed by atoms with Crippen molar-refractivity contribution in [3.63, 3.8) is 0 Å². The Morgan fingerprint density at radius 1 is 1.12 bits per heavy atom. The van der Waals surface area contributed by atoms with Crippen LogP contribution < -0.4 is 4.72 Å². The lowest BCUT2D eigenvalue weighted by molar-refractivity contribution is -0.139. The summed E-state index contributed by atoms with van der Waals surface area (Å²) in [4.78, 5) is 15.0. The zero-order chi connectivity index (χ0) is 23.0. The Morgan fingerprint density at radius 3 is 2.79 bits per heavy atom. The number of furan rings is 1. The van der Waals surface area contributed by atoms with E-state index in [2.05, 4.69) is 9.71 Å². The Labute approximate surface area is 191 Å². The first-order valence-corrected chi connectivity index (χ1v) is 12.7. The third-order valence-electron chi connectivity index (χ3n) is 6.45. The number of nitrogens with one attached hydrogen (secondary N) is 2. The molecule has 1 aliphatic carbocycles. The molecular formula is C25H26N2O5S. The minimum absolute atomic E-state index is 0.0176. The zero-order valence-corrected chi connectivity index (χ0v) is 19.0. The molecular weight excluding hydrogens is 440 g/mol. The first-order chi connectivity index (χ1) is 15.9. The fraction of sp³-hybridized carbons (Fsp3) is 0.320. The number of carbonyl (C=O) groups is 1. The Balaban J connectivity index is 1.30. The molecule has 2 heterocycles. The van der Waals surface area contributed by atoms with Crippen molar-refractivity contribution in [2.24, 2.45) is 0 Å². The lowest BCUT2D eigenvalue weighted by Gasteiger charge is -2.15. The molecule has 0 aliphatic heterocycles. The molecule has 0 unspecified atom stereocenters. The molecule has 172 valence electrons. The molecule has 0 radical (unpaired) electrons. The van der Waals surface area contributed by atoms with E-state index >= 15 is 0 Å². The van der Waals surface area contributed by atoms with Crippen molar-refractivity contribution in [1.82, 2.24) is 9.71 Å². The average Bonchev–Trinajstić information content (AvgIpc) is 3.39. The predicted molar refractivity (Wildman–Crippen MR) is 126 cm³/mol. The number of carboxylic acid groups (broad SMARTS) is 1. The standard InChI is InChI=1S/C25H26N2O5S/c28-25(29)22(10-5-6-16-15-26-21-9-3-1-7-18(16)21)27-33(30,31)17-12-13-20-19-8-2-4-11-23(19)32-24(20)14-17/h1,3,7,9,12-15,22,26-27H,2,4-6,8,10-11H2,(H,28,29)/t22-/m1/s1. The molecule has 0 bridgehead atoms. The highest BCUT2D eigenvalue weighted by atomic mass is 32.2. The molecule has 5 rings (SSSR count). The van der Waals surface area contributed by atoms with Gasteiger partial charge < -0.3 is 14.5 Å². The van der Waals surface area contributed by atoms with Crippen molar-refractivity contribution >= 4 is 37.9 Å². The topological polar surface area (TPSA) is 112 Å². The largest absolute Gasteiger partial charge is 0.480 e. The maximum atomic E-state index is 13.0. The van der Waals surface area contributed by atoms with Gasteiger partial charge in [0.05, 0.1) is 4.90 Å². The molecule has 0 fully saturated rings. The van der Waals surface area contributed by atoms with E-state index in [4.69, 9.17) is 4.42 Å². The average molecular weight is 467 g/mol. The van der Waals surface area contributed by atoms with Crippen LogP contribution in [-0.4, -0.2) is 30.5 Å². The first kappa shape index (κ1) is 21.7. The molecule has 2 aromatic carbocycles. The van der Waals surface area contributed by atoms with Gasteiger partial charge in [-0.1, -0.05) is 18.2 Å². The molecule has 1 aliphatic rings. The SMILES string of the molecule is O=C(O)[C@@H](CCCc1c[nH]c2ccccc12)NS(=O)(=O)c1ccc2c3c(oc2c1)CCCC3. The second kappa shape index (κ2) is 8.68. The maximum absolute atomic E-state index is 13.0. The molecule has 4 aromatic rings. The number of aromatic amines is 1. The third-order valence-corrected chi connectivity index (χ3v) is 7.92. The van der Waals surface area contributed by atoms with E-state index < -0.39 is 22.0 Å². The number of para-hydroxylation sites is 1. The van der Waals surface area contributed by atoms with Crippen LogP contribution in [0.15, 0.2) is 58.0 Å². The number of benzene rings is 2. The summed E-state index contributed by atoms with van der Waals surface area (Å²) in [6, 6.07) is 11.5. The van der Waals surface area contributed by atoms with E-state index in [1.807, 2.05) is 30.5 Å². The first-order valence-electron chi connectivity index (χ1n) is 11.3. The highest BCUT2D eigenvalue weighted by molar-refractivity contribution is 7.89. The van der Waals surface area contributed by atoms with Crippen molar-refractivity contribution < 1.29 is 22.7 Å². The van der Waals surface area contributed by atoms with Gasteiger partial charge in [-0.05, 0) is 62.3 Å². The van der Waals surface area contributed by atoms with E-state index in [1.54, 1.807) is 6.07 Å².